The van der Waals surface area contributed by atoms with Crippen LogP contribution in [0.4, 0.5) is 9.59 Å². The molecule has 59 heavy (non-hydrogen) atoms. The lowest BCUT2D eigenvalue weighted by Gasteiger charge is -2.30. The largest absolute Gasteiger partial charge is 0.453 e. The van der Waals surface area contributed by atoms with Gasteiger partial charge < -0.3 is 39.9 Å². The van der Waals surface area contributed by atoms with E-state index in [1.165, 1.54) is 14.2 Å². The van der Waals surface area contributed by atoms with Crippen LogP contribution in [0.3, 0.4) is 0 Å². The van der Waals surface area contributed by atoms with Crippen LogP contribution in [0.5, 0.6) is 0 Å². The predicted octanol–water partition coefficient (Wildman–Crippen LogP) is 7.93. The second-order valence-corrected chi connectivity index (χ2v) is 17.8. The average Bonchev–Trinajstić information content (AvgIpc) is 4.07. The highest BCUT2D eigenvalue weighted by Crippen LogP contribution is 2.40. The van der Waals surface area contributed by atoms with E-state index in [-0.39, 0.29) is 47.6 Å². The number of amides is 4. The van der Waals surface area contributed by atoms with Crippen LogP contribution in [-0.2, 0) is 19.1 Å². The van der Waals surface area contributed by atoms with Gasteiger partial charge in [-0.25, -0.2) is 19.6 Å². The number of nitrogens with one attached hydrogen (secondary N) is 4. The summed E-state index contributed by atoms with van der Waals surface area (Å²) in [4.78, 5) is 74.2. The number of alkyl carbamates (subject to hydrolysis) is 2. The first-order chi connectivity index (χ1) is 28.2. The number of methoxy groups -OCH3 is 2. The highest BCUT2D eigenvalue weighted by molar-refractivity contribution is 7.18. The van der Waals surface area contributed by atoms with Crippen molar-refractivity contribution < 1.29 is 28.7 Å². The second kappa shape index (κ2) is 17.3. The highest BCUT2D eigenvalue weighted by Gasteiger charge is 2.41. The monoisotopic (exact) mass is 822 g/mol. The molecule has 5 heterocycles. The molecule has 6 atom stereocenters. The maximum absolute atomic E-state index is 13.8. The lowest BCUT2D eigenvalue weighted by atomic mass is 10.0. The van der Waals surface area contributed by atoms with Gasteiger partial charge in [-0.2, -0.15) is 0 Å². The molecular weight excluding hydrogens is 769 g/mol. The third-order valence-electron chi connectivity index (χ3n) is 11.5. The van der Waals surface area contributed by atoms with Gasteiger partial charge in [-0.15, -0.1) is 11.3 Å². The zero-order valence-corrected chi connectivity index (χ0v) is 35.7. The summed E-state index contributed by atoms with van der Waals surface area (Å²) in [6.45, 7) is 13.0. The number of benzene rings is 2. The molecule has 2 aliphatic rings. The van der Waals surface area contributed by atoms with Gasteiger partial charge in [-0.3, -0.25) is 9.59 Å². The third kappa shape index (κ3) is 8.70. The molecule has 4 amide bonds. The van der Waals surface area contributed by atoms with Crippen LogP contribution in [0.25, 0.3) is 43.2 Å². The second-order valence-electron chi connectivity index (χ2n) is 16.7. The molecule has 15 heteroatoms. The smallest absolute Gasteiger partial charge is 0.407 e. The van der Waals surface area contributed by atoms with E-state index >= 15 is 0 Å². The molecule has 0 unspecified atom stereocenters. The number of ether oxygens (including phenoxy) is 2. The Kier molecular flexibility index (Phi) is 12.1. The number of carbonyl (C=O) groups excluding carboxylic acids is 4. The molecule has 2 saturated heterocycles. The number of hydrogen-bond acceptors (Lipinski definition) is 9. The van der Waals surface area contributed by atoms with Gasteiger partial charge in [0.25, 0.3) is 0 Å². The van der Waals surface area contributed by atoms with Gasteiger partial charge >= 0.3 is 12.2 Å². The van der Waals surface area contributed by atoms with E-state index in [4.69, 9.17) is 19.4 Å². The molecule has 4 N–H and O–H groups in total. The summed E-state index contributed by atoms with van der Waals surface area (Å²) >= 11 is 1.70. The summed E-state index contributed by atoms with van der Waals surface area (Å²) in [6.07, 6.45) is 2.17. The van der Waals surface area contributed by atoms with Crippen molar-refractivity contribution in [2.24, 2.45) is 23.7 Å². The molecule has 0 spiro atoms. The quantitative estimate of drug-likeness (QED) is 0.104. The zero-order chi connectivity index (χ0) is 42.1. The van der Waals surface area contributed by atoms with Crippen LogP contribution >= 0.6 is 11.3 Å². The molecule has 0 radical (unpaired) electrons. The summed E-state index contributed by atoms with van der Waals surface area (Å²) in [5, 5.41) is 5.44. The number of likely N-dealkylation sites (tertiary alicyclic amines) is 2. The van der Waals surface area contributed by atoms with Gasteiger partial charge in [-0.05, 0) is 71.9 Å². The lowest BCUT2D eigenvalue weighted by molar-refractivity contribution is -0.136. The molecule has 0 aliphatic carbocycles. The van der Waals surface area contributed by atoms with E-state index in [9.17, 15) is 19.2 Å². The Balaban J connectivity index is 1.05. The van der Waals surface area contributed by atoms with Crippen LogP contribution < -0.4 is 10.6 Å². The number of thiophene rings is 1. The molecule has 0 bridgehead atoms. The van der Waals surface area contributed by atoms with Gasteiger partial charge in [0.2, 0.25) is 11.8 Å². The van der Waals surface area contributed by atoms with Crippen LogP contribution in [0.1, 0.15) is 78.1 Å². The topological polar surface area (TPSA) is 175 Å². The maximum atomic E-state index is 13.8. The van der Waals surface area contributed by atoms with Crippen molar-refractivity contribution in [1.29, 1.82) is 0 Å². The molecule has 2 fully saturated rings. The van der Waals surface area contributed by atoms with Gasteiger partial charge in [0.05, 0.1) is 43.0 Å². The number of nitrogens with zero attached hydrogens (tertiary/aromatic N) is 4. The first kappa shape index (κ1) is 41.5. The summed E-state index contributed by atoms with van der Waals surface area (Å²) in [6, 6.07) is 16.9. The molecule has 14 nitrogen and oxygen atoms in total. The van der Waals surface area contributed by atoms with Gasteiger partial charge in [-0.1, -0.05) is 71.9 Å². The molecular formula is C44H54N8O6S. The molecule has 2 aromatic carbocycles. The standard InChI is InChI=1S/C44H54N8O6S/c1-23(2)37(49-43(55)57-7)41(53)51-21-25(5)17-33(51)39-45-20-32(48-39)27-9-11-28(12-10-27)35-15-16-36(59-35)29-13-14-30-31(19-29)47-40(46-30)34-18-26(6)22-52(34)42(54)38(24(3)4)50-44(56)58-8/h9-16,19-20,23-26,33-34,37-38H,17-18,21-22H2,1-8H3,(H,45,48)(H,46,47)(H,49,55)(H,50,56)/t25-,26-,33-,34-,37-,38-/m0/s1. The Labute approximate surface area is 348 Å². The van der Waals surface area contributed by atoms with Crippen molar-refractivity contribution in [2.75, 3.05) is 27.3 Å². The number of imidazole rings is 2. The lowest BCUT2D eigenvalue weighted by Crippen LogP contribution is -2.51. The summed E-state index contributed by atoms with van der Waals surface area (Å²) in [5.41, 5.74) is 5.62. The number of hydrogen-bond donors (Lipinski definition) is 4. The highest BCUT2D eigenvalue weighted by atomic mass is 32.1. The number of rotatable bonds is 11. The molecule has 3 aromatic heterocycles. The normalized spacial score (nSPS) is 20.3. The van der Waals surface area contributed by atoms with Crippen molar-refractivity contribution >= 4 is 46.4 Å². The van der Waals surface area contributed by atoms with E-state index in [1.807, 2.05) is 49.8 Å². The van der Waals surface area contributed by atoms with Crippen LogP contribution in [-0.4, -0.2) is 93.1 Å². The summed E-state index contributed by atoms with van der Waals surface area (Å²) in [7, 11) is 2.59. The molecule has 5 aromatic rings. The van der Waals surface area contributed by atoms with Crippen LogP contribution in [0.2, 0.25) is 0 Å². The minimum Gasteiger partial charge on any atom is -0.453 e. The fourth-order valence-electron chi connectivity index (χ4n) is 8.30. The molecule has 312 valence electrons. The van der Waals surface area contributed by atoms with Crippen molar-refractivity contribution in [2.45, 2.75) is 78.6 Å². The van der Waals surface area contributed by atoms with Gasteiger partial charge in [0.15, 0.2) is 0 Å². The Bertz CT molecular complexity index is 2310. The fraction of sp³-hybridized carbons (Fsp3) is 0.455. The summed E-state index contributed by atoms with van der Waals surface area (Å²) in [5.74, 6) is 1.51. The zero-order valence-electron chi connectivity index (χ0n) is 34.9. The van der Waals surface area contributed by atoms with Crippen molar-refractivity contribution in [3.8, 4) is 32.1 Å². The molecule has 7 rings (SSSR count). The average molecular weight is 823 g/mol. The van der Waals surface area contributed by atoms with Crippen LogP contribution in [0, 0.1) is 23.7 Å². The number of H-pyrrole nitrogens is 2. The number of aromatic amines is 2. The van der Waals surface area contributed by atoms with Crippen molar-refractivity contribution in [3.05, 3.63) is 72.4 Å². The maximum Gasteiger partial charge on any atom is 0.407 e. The minimum atomic E-state index is -0.702. The van der Waals surface area contributed by atoms with E-state index in [2.05, 4.69) is 83.0 Å². The Morgan fingerprint density at radius 1 is 0.712 bits per heavy atom. The van der Waals surface area contributed by atoms with E-state index in [1.54, 1.807) is 11.3 Å². The molecule has 2 aliphatic heterocycles. The van der Waals surface area contributed by atoms with Gasteiger partial charge in [0, 0.05) is 34.6 Å². The Morgan fingerprint density at radius 3 is 1.76 bits per heavy atom. The summed E-state index contributed by atoms with van der Waals surface area (Å²) < 4.78 is 9.58. The Hall–Kier alpha value is -5.70. The van der Waals surface area contributed by atoms with Crippen molar-refractivity contribution in [1.82, 2.24) is 40.4 Å². The SMILES string of the molecule is COC(=O)N[C@H](C(=O)N1C[C@@H](C)C[C@H]1c1nc(-c2ccc(-c3ccc(-c4ccc5[nH]c([C@@H]6C[C@H](C)CN6C(=O)[C@@H](NC(=O)OC)C(C)C)nc5c4)s3)cc2)c[nH]1)C(C)C. The minimum absolute atomic E-state index is 0.114. The van der Waals surface area contributed by atoms with Crippen molar-refractivity contribution in [3.63, 3.8) is 0 Å². The first-order valence-electron chi connectivity index (χ1n) is 20.3. The number of fused-ring (bicyclic) bond motifs is 1. The van der Waals surface area contributed by atoms with E-state index < -0.39 is 24.3 Å². The van der Waals surface area contributed by atoms with Gasteiger partial charge in [0.1, 0.15) is 23.7 Å². The molecule has 0 saturated carbocycles. The fourth-order valence-corrected chi connectivity index (χ4v) is 9.31. The van der Waals surface area contributed by atoms with E-state index in [0.29, 0.717) is 13.1 Å². The Morgan fingerprint density at radius 2 is 1.22 bits per heavy atom. The number of carbonyl (C=O) groups is 4. The predicted molar refractivity (Wildman–Crippen MR) is 227 cm³/mol. The van der Waals surface area contributed by atoms with E-state index in [0.717, 1.165) is 67.7 Å². The third-order valence-corrected chi connectivity index (χ3v) is 12.6. The number of aromatic nitrogens is 4. The van der Waals surface area contributed by atoms with Crippen LogP contribution in [0.15, 0.2) is 60.8 Å². The first-order valence-corrected chi connectivity index (χ1v) is 21.1.